The highest BCUT2D eigenvalue weighted by Gasteiger charge is 2.21. The highest BCUT2D eigenvalue weighted by Crippen LogP contribution is 2.22. The summed E-state index contributed by atoms with van der Waals surface area (Å²) in [6, 6.07) is 14.4. The fraction of sp³-hybridized carbons (Fsp3) is 0.350. The van der Waals surface area contributed by atoms with Gasteiger partial charge in [-0.3, -0.25) is 0 Å². The molecule has 0 fully saturated rings. The van der Waals surface area contributed by atoms with Gasteiger partial charge in [0.25, 0.3) is 0 Å². The van der Waals surface area contributed by atoms with Crippen molar-refractivity contribution in [3.05, 3.63) is 59.7 Å². The molecule has 2 unspecified atom stereocenters. The van der Waals surface area contributed by atoms with E-state index in [0.29, 0.717) is 24.5 Å². The fourth-order valence-corrected chi connectivity index (χ4v) is 2.78. The van der Waals surface area contributed by atoms with Gasteiger partial charge in [-0.2, -0.15) is 0 Å². The van der Waals surface area contributed by atoms with Crippen molar-refractivity contribution in [3.63, 3.8) is 0 Å². The Labute approximate surface area is 158 Å². The van der Waals surface area contributed by atoms with Crippen LogP contribution in [0, 0.1) is 0 Å². The van der Waals surface area contributed by atoms with Crippen molar-refractivity contribution in [2.75, 3.05) is 20.8 Å². The molecule has 2 aromatic carbocycles. The monoisotopic (exact) mass is 374 g/mol. The molecule has 0 spiro atoms. The highest BCUT2D eigenvalue weighted by atomic mass is 16.5. The van der Waals surface area contributed by atoms with Gasteiger partial charge in [-0.25, -0.2) is 4.79 Å². The minimum absolute atomic E-state index is 0.233. The van der Waals surface area contributed by atoms with Gasteiger partial charge in [-0.1, -0.05) is 30.3 Å². The van der Waals surface area contributed by atoms with Crippen LogP contribution in [0.5, 0.6) is 11.5 Å². The van der Waals surface area contributed by atoms with Crippen molar-refractivity contribution in [2.45, 2.75) is 25.1 Å². The average molecular weight is 374 g/mol. The molecule has 0 aliphatic heterocycles. The topological polar surface area (TPSA) is 100 Å². The van der Waals surface area contributed by atoms with Crippen molar-refractivity contribution >= 4 is 6.09 Å². The summed E-state index contributed by atoms with van der Waals surface area (Å²) >= 11 is 0. The molecule has 0 aliphatic rings. The predicted molar refractivity (Wildman–Crippen MR) is 102 cm³/mol. The number of benzene rings is 2. The molecule has 0 saturated heterocycles. The van der Waals surface area contributed by atoms with Crippen LogP contribution in [0.2, 0.25) is 0 Å². The number of carbonyl (C=O) groups is 1. The number of methoxy groups -OCH3 is 2. The standard InChI is InChI=1S/C20H26N2O5/c1-26-16-8-15(9-17(11-16)27-2)12-21-13-19(23)18(22-20(24)25)10-14-6-4-3-5-7-14/h3-9,11,18-19,21-23H,10,12-13H2,1-2H3,(H,24,25). The predicted octanol–water partition coefficient (Wildman–Crippen LogP) is 2.03. The fourth-order valence-electron chi connectivity index (χ4n) is 2.78. The zero-order valence-electron chi connectivity index (χ0n) is 15.5. The first-order valence-electron chi connectivity index (χ1n) is 8.66. The summed E-state index contributed by atoms with van der Waals surface area (Å²) in [4.78, 5) is 11.1. The lowest BCUT2D eigenvalue weighted by atomic mass is 10.0. The lowest BCUT2D eigenvalue weighted by Crippen LogP contribution is -2.48. The second-order valence-corrected chi connectivity index (χ2v) is 6.16. The summed E-state index contributed by atoms with van der Waals surface area (Å²) in [6.45, 7) is 0.715. The Morgan fingerprint density at radius 1 is 1.04 bits per heavy atom. The van der Waals surface area contributed by atoms with Gasteiger partial charge in [0.15, 0.2) is 0 Å². The van der Waals surface area contributed by atoms with Crippen LogP contribution >= 0.6 is 0 Å². The molecule has 0 aromatic heterocycles. The van der Waals surface area contributed by atoms with E-state index in [2.05, 4.69) is 10.6 Å². The van der Waals surface area contributed by atoms with Crippen molar-refractivity contribution in [1.29, 1.82) is 0 Å². The van der Waals surface area contributed by atoms with Crippen LogP contribution < -0.4 is 20.1 Å². The Balaban J connectivity index is 1.94. The molecule has 7 heteroatoms. The molecule has 0 heterocycles. The number of ether oxygens (including phenoxy) is 2. The minimum Gasteiger partial charge on any atom is -0.497 e. The number of rotatable bonds is 10. The molecule has 0 aliphatic carbocycles. The molecular formula is C20H26N2O5. The van der Waals surface area contributed by atoms with E-state index in [9.17, 15) is 9.90 Å². The largest absolute Gasteiger partial charge is 0.497 e. The second kappa shape index (κ2) is 10.4. The second-order valence-electron chi connectivity index (χ2n) is 6.16. The number of nitrogens with one attached hydrogen (secondary N) is 2. The summed E-state index contributed by atoms with van der Waals surface area (Å²) in [6.07, 6.45) is -1.63. The van der Waals surface area contributed by atoms with Gasteiger partial charge in [-0.05, 0) is 29.7 Å². The summed E-state index contributed by atoms with van der Waals surface area (Å²) in [5, 5.41) is 25.1. The Hall–Kier alpha value is -2.77. The lowest BCUT2D eigenvalue weighted by molar-refractivity contribution is 0.117. The van der Waals surface area contributed by atoms with Crippen LogP contribution in [-0.2, 0) is 13.0 Å². The molecule has 2 aromatic rings. The van der Waals surface area contributed by atoms with E-state index in [4.69, 9.17) is 14.6 Å². The molecular weight excluding hydrogens is 348 g/mol. The summed E-state index contributed by atoms with van der Waals surface area (Å²) in [7, 11) is 3.17. The Kier molecular flexibility index (Phi) is 7.91. The van der Waals surface area contributed by atoms with Crippen LogP contribution in [0.25, 0.3) is 0 Å². The van der Waals surface area contributed by atoms with E-state index in [1.165, 1.54) is 0 Å². The molecule has 27 heavy (non-hydrogen) atoms. The normalized spacial score (nSPS) is 12.9. The first-order valence-corrected chi connectivity index (χ1v) is 8.66. The van der Waals surface area contributed by atoms with Gasteiger partial charge in [0.2, 0.25) is 0 Å². The number of carboxylic acid groups (broad SMARTS) is 1. The molecule has 7 nitrogen and oxygen atoms in total. The van der Waals surface area contributed by atoms with Crippen molar-refractivity contribution in [2.24, 2.45) is 0 Å². The van der Waals surface area contributed by atoms with Crippen LogP contribution in [0.4, 0.5) is 4.79 Å². The molecule has 0 saturated carbocycles. The van der Waals surface area contributed by atoms with Crippen molar-refractivity contribution < 1.29 is 24.5 Å². The number of hydrogen-bond donors (Lipinski definition) is 4. The third-order valence-electron chi connectivity index (χ3n) is 4.17. The van der Waals surface area contributed by atoms with Crippen LogP contribution in [-0.4, -0.2) is 49.2 Å². The molecule has 2 rings (SSSR count). The molecule has 2 atom stereocenters. The van der Waals surface area contributed by atoms with E-state index in [1.807, 2.05) is 42.5 Å². The summed E-state index contributed by atoms with van der Waals surface area (Å²) in [5.74, 6) is 1.36. The smallest absolute Gasteiger partial charge is 0.404 e. The molecule has 146 valence electrons. The molecule has 0 radical (unpaired) electrons. The Morgan fingerprint density at radius 2 is 1.67 bits per heavy atom. The van der Waals surface area contributed by atoms with E-state index in [0.717, 1.165) is 11.1 Å². The Morgan fingerprint density at radius 3 is 2.22 bits per heavy atom. The number of hydrogen-bond acceptors (Lipinski definition) is 5. The van der Waals surface area contributed by atoms with Crippen LogP contribution in [0.3, 0.4) is 0 Å². The Bertz CT molecular complexity index is 701. The van der Waals surface area contributed by atoms with Gasteiger partial charge in [-0.15, -0.1) is 0 Å². The highest BCUT2D eigenvalue weighted by molar-refractivity contribution is 5.65. The SMILES string of the molecule is COc1cc(CNCC(O)C(Cc2ccccc2)NC(=O)O)cc(OC)c1. The van der Waals surface area contributed by atoms with E-state index in [-0.39, 0.29) is 6.54 Å². The maximum Gasteiger partial charge on any atom is 0.404 e. The first-order chi connectivity index (χ1) is 13.0. The zero-order chi connectivity index (χ0) is 19.6. The maximum absolute atomic E-state index is 11.1. The van der Waals surface area contributed by atoms with Crippen LogP contribution in [0.1, 0.15) is 11.1 Å². The molecule has 0 bridgehead atoms. The average Bonchev–Trinajstić information content (AvgIpc) is 2.67. The van der Waals surface area contributed by atoms with Crippen molar-refractivity contribution in [3.8, 4) is 11.5 Å². The summed E-state index contributed by atoms with van der Waals surface area (Å²) in [5.41, 5.74) is 1.89. The number of amides is 1. The minimum atomic E-state index is -1.16. The van der Waals surface area contributed by atoms with Gasteiger partial charge in [0, 0.05) is 19.2 Å². The lowest BCUT2D eigenvalue weighted by Gasteiger charge is -2.23. The third kappa shape index (κ3) is 6.80. The number of aliphatic hydroxyl groups excluding tert-OH is 1. The molecule has 4 N–H and O–H groups in total. The van der Waals surface area contributed by atoms with Crippen molar-refractivity contribution in [1.82, 2.24) is 10.6 Å². The first kappa shape index (κ1) is 20.5. The van der Waals surface area contributed by atoms with Gasteiger partial charge in [0.05, 0.1) is 26.4 Å². The summed E-state index contributed by atoms with van der Waals surface area (Å²) < 4.78 is 10.5. The quantitative estimate of drug-likeness (QED) is 0.508. The van der Waals surface area contributed by atoms with Gasteiger partial charge < -0.3 is 30.3 Å². The maximum atomic E-state index is 11.1. The van der Waals surface area contributed by atoms with Crippen LogP contribution in [0.15, 0.2) is 48.5 Å². The molecule has 1 amide bonds. The zero-order valence-corrected chi connectivity index (χ0v) is 15.5. The number of aliphatic hydroxyl groups is 1. The van der Waals surface area contributed by atoms with E-state index in [1.54, 1.807) is 20.3 Å². The third-order valence-corrected chi connectivity index (χ3v) is 4.17. The van der Waals surface area contributed by atoms with Gasteiger partial charge in [0.1, 0.15) is 11.5 Å². The van der Waals surface area contributed by atoms with E-state index < -0.39 is 18.2 Å². The van der Waals surface area contributed by atoms with E-state index >= 15 is 0 Å². The van der Waals surface area contributed by atoms with Gasteiger partial charge >= 0.3 is 6.09 Å².